The molecule has 3 aliphatic rings. The van der Waals surface area contributed by atoms with Crippen molar-refractivity contribution in [3.63, 3.8) is 0 Å². The van der Waals surface area contributed by atoms with Crippen LogP contribution in [-0.4, -0.2) is 51.0 Å². The maximum absolute atomic E-state index is 13.3. The number of likely N-dealkylation sites (tertiary alicyclic amines) is 1. The second-order valence-electron chi connectivity index (χ2n) is 9.63. The SMILES string of the molecule is CCC[C@@H]1c2cccn2CCN1C(=O)c1cc(C2CCN(C(=O)C3CCCC3)CC2)no1. The van der Waals surface area contributed by atoms with E-state index in [0.29, 0.717) is 18.2 Å². The number of hydrogen-bond acceptors (Lipinski definition) is 4. The van der Waals surface area contributed by atoms with Crippen molar-refractivity contribution in [3.8, 4) is 0 Å². The zero-order valence-electron chi connectivity index (χ0n) is 19.0. The molecule has 0 spiro atoms. The molecule has 5 rings (SSSR count). The molecule has 1 aliphatic carbocycles. The summed E-state index contributed by atoms with van der Waals surface area (Å²) in [5, 5.41) is 4.28. The molecule has 2 aromatic heterocycles. The van der Waals surface area contributed by atoms with Crippen molar-refractivity contribution in [1.29, 1.82) is 0 Å². The number of rotatable bonds is 5. The Balaban J connectivity index is 1.23. The topological polar surface area (TPSA) is 71.6 Å². The lowest BCUT2D eigenvalue weighted by molar-refractivity contribution is -0.136. The van der Waals surface area contributed by atoms with E-state index in [9.17, 15) is 9.59 Å². The molecule has 0 unspecified atom stereocenters. The van der Waals surface area contributed by atoms with E-state index < -0.39 is 0 Å². The van der Waals surface area contributed by atoms with Gasteiger partial charge < -0.3 is 18.9 Å². The molecule has 7 nitrogen and oxygen atoms in total. The monoisotopic (exact) mass is 438 g/mol. The maximum atomic E-state index is 13.3. The van der Waals surface area contributed by atoms with E-state index in [0.717, 1.165) is 63.9 Å². The van der Waals surface area contributed by atoms with Crippen LogP contribution in [0.3, 0.4) is 0 Å². The molecule has 1 saturated carbocycles. The summed E-state index contributed by atoms with van der Waals surface area (Å²) in [6.45, 7) is 5.20. The van der Waals surface area contributed by atoms with Gasteiger partial charge in [-0.05, 0) is 44.2 Å². The van der Waals surface area contributed by atoms with E-state index in [1.807, 2.05) is 15.9 Å². The number of piperidine rings is 1. The summed E-state index contributed by atoms with van der Waals surface area (Å²) < 4.78 is 7.80. The van der Waals surface area contributed by atoms with Crippen molar-refractivity contribution in [2.75, 3.05) is 19.6 Å². The van der Waals surface area contributed by atoms with E-state index in [1.165, 1.54) is 18.5 Å². The molecule has 1 atom stereocenters. The maximum Gasteiger partial charge on any atom is 0.293 e. The van der Waals surface area contributed by atoms with Gasteiger partial charge in [0.1, 0.15) is 0 Å². The highest BCUT2D eigenvalue weighted by Gasteiger charge is 2.34. The first-order valence-corrected chi connectivity index (χ1v) is 12.4. The van der Waals surface area contributed by atoms with Crippen molar-refractivity contribution < 1.29 is 14.1 Å². The number of fused-ring (bicyclic) bond motifs is 1. The molecule has 2 amide bonds. The number of carbonyl (C=O) groups excluding carboxylic acids is 2. The minimum atomic E-state index is -0.0662. The van der Waals surface area contributed by atoms with Gasteiger partial charge in [-0.25, -0.2) is 0 Å². The van der Waals surface area contributed by atoms with Gasteiger partial charge in [0.2, 0.25) is 11.7 Å². The molecular weight excluding hydrogens is 404 g/mol. The third-order valence-corrected chi connectivity index (χ3v) is 7.66. The Labute approximate surface area is 189 Å². The zero-order valence-corrected chi connectivity index (χ0v) is 19.0. The van der Waals surface area contributed by atoms with Gasteiger partial charge in [0, 0.05) is 56.0 Å². The molecule has 0 radical (unpaired) electrons. The number of nitrogens with zero attached hydrogens (tertiary/aromatic N) is 4. The average molecular weight is 439 g/mol. The van der Waals surface area contributed by atoms with Gasteiger partial charge in [-0.2, -0.15) is 0 Å². The summed E-state index contributed by atoms with van der Waals surface area (Å²) in [6.07, 6.45) is 10.3. The Morgan fingerprint density at radius 3 is 2.62 bits per heavy atom. The average Bonchev–Trinajstić information content (AvgIpc) is 3.60. The number of amides is 2. The summed E-state index contributed by atoms with van der Waals surface area (Å²) >= 11 is 0. The molecule has 172 valence electrons. The highest BCUT2D eigenvalue weighted by molar-refractivity contribution is 5.92. The van der Waals surface area contributed by atoms with E-state index in [-0.39, 0.29) is 23.8 Å². The second-order valence-corrected chi connectivity index (χ2v) is 9.63. The molecule has 1 saturated heterocycles. The van der Waals surface area contributed by atoms with Crippen LogP contribution < -0.4 is 0 Å². The molecule has 2 aliphatic heterocycles. The van der Waals surface area contributed by atoms with Crippen LogP contribution in [0.4, 0.5) is 0 Å². The van der Waals surface area contributed by atoms with Crippen LogP contribution in [0.1, 0.15) is 92.2 Å². The van der Waals surface area contributed by atoms with E-state index in [2.05, 4.69) is 35.0 Å². The molecule has 7 heteroatoms. The molecule has 0 aromatic carbocycles. The standard InChI is InChI=1S/C25H34N4O3/c1-2-6-22-21-9-5-12-27(21)15-16-29(22)25(31)23-17-20(26-32-23)18-10-13-28(14-11-18)24(30)19-7-3-4-8-19/h5,9,12,17-19,22H,2-4,6-8,10-11,13-16H2,1H3/t22-/m1/s1. The first-order chi connectivity index (χ1) is 15.7. The number of hydrogen-bond donors (Lipinski definition) is 0. The fourth-order valence-electron chi connectivity index (χ4n) is 5.83. The van der Waals surface area contributed by atoms with Crippen molar-refractivity contribution >= 4 is 11.8 Å². The normalized spacial score (nSPS) is 22.3. The third-order valence-electron chi connectivity index (χ3n) is 7.66. The lowest BCUT2D eigenvalue weighted by Crippen LogP contribution is -2.41. The Morgan fingerprint density at radius 1 is 1.09 bits per heavy atom. The first kappa shape index (κ1) is 21.3. The summed E-state index contributed by atoms with van der Waals surface area (Å²) in [5.74, 6) is 1.10. The van der Waals surface area contributed by atoms with E-state index in [1.54, 1.807) is 0 Å². The fraction of sp³-hybridized carbons (Fsp3) is 0.640. The quantitative estimate of drug-likeness (QED) is 0.695. The predicted molar refractivity (Wildman–Crippen MR) is 120 cm³/mol. The molecular formula is C25H34N4O3. The van der Waals surface area contributed by atoms with Gasteiger partial charge >= 0.3 is 0 Å². The summed E-state index contributed by atoms with van der Waals surface area (Å²) in [7, 11) is 0. The number of carbonyl (C=O) groups is 2. The Morgan fingerprint density at radius 2 is 1.88 bits per heavy atom. The molecule has 0 bridgehead atoms. The largest absolute Gasteiger partial charge is 0.351 e. The van der Waals surface area contributed by atoms with E-state index in [4.69, 9.17) is 4.52 Å². The fourth-order valence-corrected chi connectivity index (χ4v) is 5.83. The molecule has 2 aromatic rings. The first-order valence-electron chi connectivity index (χ1n) is 12.4. The van der Waals surface area contributed by atoms with Crippen LogP contribution in [-0.2, 0) is 11.3 Å². The van der Waals surface area contributed by atoms with Crippen LogP contribution in [0.15, 0.2) is 28.9 Å². The van der Waals surface area contributed by atoms with Gasteiger partial charge in [-0.15, -0.1) is 0 Å². The van der Waals surface area contributed by atoms with Gasteiger partial charge in [-0.1, -0.05) is 31.3 Å². The van der Waals surface area contributed by atoms with Gasteiger partial charge in [-0.3, -0.25) is 9.59 Å². The van der Waals surface area contributed by atoms with Crippen LogP contribution >= 0.6 is 0 Å². The van der Waals surface area contributed by atoms with Crippen molar-refractivity contribution in [1.82, 2.24) is 19.5 Å². The molecule has 0 N–H and O–H groups in total. The second kappa shape index (κ2) is 9.12. The lowest BCUT2D eigenvalue weighted by atomic mass is 9.92. The summed E-state index contributed by atoms with van der Waals surface area (Å²) in [4.78, 5) is 30.0. The minimum absolute atomic E-state index is 0.0662. The van der Waals surface area contributed by atoms with Crippen LogP contribution in [0.2, 0.25) is 0 Å². The molecule has 4 heterocycles. The minimum Gasteiger partial charge on any atom is -0.351 e. The highest BCUT2D eigenvalue weighted by Crippen LogP contribution is 2.34. The summed E-state index contributed by atoms with van der Waals surface area (Å²) in [6, 6.07) is 6.10. The Hall–Kier alpha value is -2.57. The number of aromatic nitrogens is 2. The van der Waals surface area contributed by atoms with Gasteiger partial charge in [0.05, 0.1) is 11.7 Å². The van der Waals surface area contributed by atoms with Crippen molar-refractivity contribution in [3.05, 3.63) is 41.5 Å². The predicted octanol–water partition coefficient (Wildman–Crippen LogP) is 4.37. The molecule has 2 fully saturated rings. The third kappa shape index (κ3) is 3.97. The van der Waals surface area contributed by atoms with Crippen LogP contribution in [0.5, 0.6) is 0 Å². The zero-order chi connectivity index (χ0) is 22.1. The van der Waals surface area contributed by atoms with Crippen molar-refractivity contribution in [2.45, 2.75) is 76.8 Å². The van der Waals surface area contributed by atoms with Gasteiger partial charge in [0.25, 0.3) is 5.91 Å². The molecule has 32 heavy (non-hydrogen) atoms. The Bertz CT molecular complexity index is 950. The smallest absolute Gasteiger partial charge is 0.293 e. The van der Waals surface area contributed by atoms with E-state index >= 15 is 0 Å². The van der Waals surface area contributed by atoms with Gasteiger partial charge in [0.15, 0.2) is 0 Å². The van der Waals surface area contributed by atoms with Crippen LogP contribution in [0.25, 0.3) is 0 Å². The lowest BCUT2D eigenvalue weighted by Gasteiger charge is -2.36. The highest BCUT2D eigenvalue weighted by atomic mass is 16.5. The van der Waals surface area contributed by atoms with Crippen LogP contribution in [0, 0.1) is 5.92 Å². The van der Waals surface area contributed by atoms with Crippen molar-refractivity contribution in [2.24, 2.45) is 5.92 Å². The summed E-state index contributed by atoms with van der Waals surface area (Å²) in [5.41, 5.74) is 2.05. The Kier molecular flexibility index (Phi) is 6.07.